The Morgan fingerprint density at radius 2 is 1.93 bits per heavy atom. The maximum absolute atomic E-state index is 6.12. The summed E-state index contributed by atoms with van der Waals surface area (Å²) in [5, 5.41) is 3.48. The molecule has 0 amide bonds. The van der Waals surface area contributed by atoms with Gasteiger partial charge in [-0.2, -0.15) is 0 Å². The molecule has 0 radical (unpaired) electrons. The molecule has 14 heavy (non-hydrogen) atoms. The van der Waals surface area contributed by atoms with Crippen LogP contribution in [-0.4, -0.2) is 6.04 Å². The number of hydrogen-bond donors (Lipinski definition) is 2. The number of anilines is 1. The standard InChI is InChI=1S/C12H18N2/c1-7-4-10-11(13)6-9(3)14-12(10)5-8(7)2/h4-5,9,11,14H,6,13H2,1-3H3. The maximum atomic E-state index is 6.12. The zero-order chi connectivity index (χ0) is 10.3. The molecule has 76 valence electrons. The summed E-state index contributed by atoms with van der Waals surface area (Å²) in [6, 6.07) is 5.11. The normalized spacial score (nSPS) is 25.4. The van der Waals surface area contributed by atoms with E-state index in [2.05, 4.69) is 38.2 Å². The molecular formula is C12H18N2. The lowest BCUT2D eigenvalue weighted by Gasteiger charge is -2.30. The molecule has 2 nitrogen and oxygen atoms in total. The fraction of sp³-hybridized carbons (Fsp3) is 0.500. The molecule has 0 saturated carbocycles. The van der Waals surface area contributed by atoms with Crippen LogP contribution in [0.5, 0.6) is 0 Å². The molecule has 1 aromatic rings. The van der Waals surface area contributed by atoms with Crippen molar-refractivity contribution in [3.05, 3.63) is 28.8 Å². The Hall–Kier alpha value is -1.02. The molecule has 2 rings (SSSR count). The highest BCUT2D eigenvalue weighted by atomic mass is 14.9. The molecule has 0 aromatic heterocycles. The molecule has 0 bridgehead atoms. The van der Waals surface area contributed by atoms with E-state index in [4.69, 9.17) is 5.73 Å². The molecule has 3 N–H and O–H groups in total. The van der Waals surface area contributed by atoms with Crippen molar-refractivity contribution >= 4 is 5.69 Å². The van der Waals surface area contributed by atoms with E-state index < -0.39 is 0 Å². The number of fused-ring (bicyclic) bond motifs is 1. The second kappa shape index (κ2) is 3.28. The van der Waals surface area contributed by atoms with E-state index >= 15 is 0 Å². The van der Waals surface area contributed by atoms with Gasteiger partial charge >= 0.3 is 0 Å². The van der Waals surface area contributed by atoms with Crippen LogP contribution in [-0.2, 0) is 0 Å². The van der Waals surface area contributed by atoms with Crippen molar-refractivity contribution in [2.75, 3.05) is 5.32 Å². The van der Waals surface area contributed by atoms with Crippen molar-refractivity contribution in [1.29, 1.82) is 0 Å². The minimum atomic E-state index is 0.195. The fourth-order valence-corrected chi connectivity index (χ4v) is 2.10. The van der Waals surface area contributed by atoms with Crippen LogP contribution in [0.3, 0.4) is 0 Å². The Morgan fingerprint density at radius 3 is 2.64 bits per heavy atom. The van der Waals surface area contributed by atoms with Crippen LogP contribution in [0, 0.1) is 13.8 Å². The average Bonchev–Trinajstić information content (AvgIpc) is 2.08. The molecule has 2 unspecified atom stereocenters. The van der Waals surface area contributed by atoms with Gasteiger partial charge in [-0.3, -0.25) is 0 Å². The Balaban J connectivity index is 2.49. The van der Waals surface area contributed by atoms with Crippen molar-refractivity contribution in [2.24, 2.45) is 5.73 Å². The quantitative estimate of drug-likeness (QED) is 0.659. The summed E-state index contributed by atoms with van der Waals surface area (Å²) in [6.07, 6.45) is 1.02. The first-order valence-electron chi connectivity index (χ1n) is 5.21. The SMILES string of the molecule is Cc1cc2c(cc1C)C(N)CC(C)N2. The van der Waals surface area contributed by atoms with Crippen molar-refractivity contribution in [2.45, 2.75) is 39.3 Å². The summed E-state index contributed by atoms with van der Waals surface area (Å²) in [5.74, 6) is 0. The van der Waals surface area contributed by atoms with Gasteiger partial charge in [0.05, 0.1) is 0 Å². The summed E-state index contributed by atoms with van der Waals surface area (Å²) in [6.45, 7) is 6.46. The van der Waals surface area contributed by atoms with Crippen LogP contribution >= 0.6 is 0 Å². The summed E-state index contributed by atoms with van der Waals surface area (Å²) >= 11 is 0. The number of nitrogens with one attached hydrogen (secondary N) is 1. The van der Waals surface area contributed by atoms with Gasteiger partial charge in [-0.25, -0.2) is 0 Å². The molecule has 0 spiro atoms. The predicted molar refractivity (Wildman–Crippen MR) is 60.5 cm³/mol. The van der Waals surface area contributed by atoms with E-state index in [9.17, 15) is 0 Å². The van der Waals surface area contributed by atoms with Crippen molar-refractivity contribution < 1.29 is 0 Å². The van der Waals surface area contributed by atoms with Gasteiger partial charge in [-0.05, 0) is 49.9 Å². The zero-order valence-electron chi connectivity index (χ0n) is 9.09. The Morgan fingerprint density at radius 1 is 1.29 bits per heavy atom. The minimum absolute atomic E-state index is 0.195. The predicted octanol–water partition coefficient (Wildman–Crippen LogP) is 2.51. The first-order chi connectivity index (χ1) is 6.58. The number of aryl methyl sites for hydroxylation is 2. The Kier molecular flexibility index (Phi) is 2.23. The summed E-state index contributed by atoms with van der Waals surface area (Å²) < 4.78 is 0. The molecule has 2 atom stereocenters. The summed E-state index contributed by atoms with van der Waals surface area (Å²) in [7, 11) is 0. The van der Waals surface area contributed by atoms with E-state index in [0.717, 1.165) is 6.42 Å². The molecule has 0 saturated heterocycles. The third-order valence-electron chi connectivity index (χ3n) is 3.07. The average molecular weight is 190 g/mol. The molecule has 0 aliphatic carbocycles. The van der Waals surface area contributed by atoms with E-state index in [0.29, 0.717) is 6.04 Å². The van der Waals surface area contributed by atoms with Crippen molar-refractivity contribution in [1.82, 2.24) is 0 Å². The van der Waals surface area contributed by atoms with Gasteiger partial charge in [0.15, 0.2) is 0 Å². The third kappa shape index (κ3) is 1.50. The number of rotatable bonds is 0. The highest BCUT2D eigenvalue weighted by molar-refractivity contribution is 5.58. The Bertz CT molecular complexity index is 358. The monoisotopic (exact) mass is 190 g/mol. The van der Waals surface area contributed by atoms with Gasteiger partial charge in [0.25, 0.3) is 0 Å². The first kappa shape index (κ1) is 9.53. The molecule has 1 aromatic carbocycles. The zero-order valence-corrected chi connectivity index (χ0v) is 9.09. The Labute approximate surface area is 85.5 Å². The molecule has 1 aliphatic rings. The van der Waals surface area contributed by atoms with Crippen molar-refractivity contribution in [3.8, 4) is 0 Å². The van der Waals surface area contributed by atoms with E-state index in [-0.39, 0.29) is 6.04 Å². The van der Waals surface area contributed by atoms with Crippen LogP contribution in [0.25, 0.3) is 0 Å². The van der Waals surface area contributed by atoms with E-state index in [1.54, 1.807) is 0 Å². The second-order valence-corrected chi connectivity index (χ2v) is 4.41. The molecule has 1 heterocycles. The smallest absolute Gasteiger partial charge is 0.0393 e. The molecule has 1 aliphatic heterocycles. The lowest BCUT2D eigenvalue weighted by atomic mass is 9.91. The van der Waals surface area contributed by atoms with E-state index in [1.165, 1.54) is 22.4 Å². The van der Waals surface area contributed by atoms with E-state index in [1.807, 2.05) is 0 Å². The van der Waals surface area contributed by atoms with Crippen LogP contribution in [0.15, 0.2) is 12.1 Å². The van der Waals surface area contributed by atoms with Gasteiger partial charge in [0, 0.05) is 17.8 Å². The minimum Gasteiger partial charge on any atom is -0.382 e. The van der Waals surface area contributed by atoms with Crippen LogP contribution in [0.1, 0.15) is 36.1 Å². The van der Waals surface area contributed by atoms with Crippen LogP contribution in [0.4, 0.5) is 5.69 Å². The summed E-state index contributed by atoms with van der Waals surface area (Å²) in [5.41, 5.74) is 11.3. The third-order valence-corrected chi connectivity index (χ3v) is 3.07. The molecular weight excluding hydrogens is 172 g/mol. The van der Waals surface area contributed by atoms with Crippen LogP contribution < -0.4 is 11.1 Å². The lowest BCUT2D eigenvalue weighted by molar-refractivity contribution is 0.570. The van der Waals surface area contributed by atoms with Gasteiger partial charge in [0.1, 0.15) is 0 Å². The highest BCUT2D eigenvalue weighted by Crippen LogP contribution is 2.32. The van der Waals surface area contributed by atoms with Crippen LogP contribution in [0.2, 0.25) is 0 Å². The maximum Gasteiger partial charge on any atom is 0.0393 e. The lowest BCUT2D eigenvalue weighted by Crippen LogP contribution is -2.29. The molecule has 2 heteroatoms. The van der Waals surface area contributed by atoms with Crippen molar-refractivity contribution in [3.63, 3.8) is 0 Å². The second-order valence-electron chi connectivity index (χ2n) is 4.41. The van der Waals surface area contributed by atoms with Gasteiger partial charge in [0.2, 0.25) is 0 Å². The van der Waals surface area contributed by atoms with Gasteiger partial charge < -0.3 is 11.1 Å². The fourth-order valence-electron chi connectivity index (χ4n) is 2.10. The van der Waals surface area contributed by atoms with Gasteiger partial charge in [-0.15, -0.1) is 0 Å². The largest absolute Gasteiger partial charge is 0.382 e. The number of hydrogen-bond acceptors (Lipinski definition) is 2. The number of nitrogens with two attached hydrogens (primary N) is 1. The summed E-state index contributed by atoms with van der Waals surface area (Å²) in [4.78, 5) is 0. The highest BCUT2D eigenvalue weighted by Gasteiger charge is 2.21. The topological polar surface area (TPSA) is 38.0 Å². The van der Waals surface area contributed by atoms with Gasteiger partial charge in [-0.1, -0.05) is 6.07 Å². The first-order valence-corrected chi connectivity index (χ1v) is 5.21. The molecule has 0 fully saturated rings. The number of benzene rings is 1.